The Hall–Kier alpha value is 0.715. The largest absolute Gasteiger partial charge is 0.387 e. The summed E-state index contributed by atoms with van der Waals surface area (Å²) in [4.78, 5) is 0. The topological polar surface area (TPSA) is 29.5 Å². The molecule has 2 aliphatic carbocycles. The smallest absolute Gasteiger partial charge is 0.139 e. The molecule has 1 N–H and O–H groups in total. The van der Waals surface area contributed by atoms with Crippen molar-refractivity contribution in [2.24, 2.45) is 5.92 Å². The molecule has 4 heteroatoms. The molecule has 5 atom stereocenters. The molecule has 12 heavy (non-hydrogen) atoms. The van der Waals surface area contributed by atoms with E-state index in [1.807, 2.05) is 0 Å². The van der Waals surface area contributed by atoms with Crippen LogP contribution in [0.4, 0.5) is 0 Å². The molecule has 0 amide bonds. The number of hydrogen-bond acceptors (Lipinski definition) is 2. The first-order chi connectivity index (χ1) is 5.55. The standard InChI is InChI=1S/C8H12BIO2/c9-5-3-7(11)1-4-2-8(4,10)6(7)12-5/h4-6,11H,1-3,9H2. The van der Waals surface area contributed by atoms with E-state index >= 15 is 0 Å². The van der Waals surface area contributed by atoms with Gasteiger partial charge in [-0.25, -0.2) is 0 Å². The number of fused-ring (bicyclic) bond motifs is 3. The number of hydrogen-bond donors (Lipinski definition) is 1. The van der Waals surface area contributed by atoms with Gasteiger partial charge < -0.3 is 9.84 Å². The Morgan fingerprint density at radius 1 is 1.42 bits per heavy atom. The molecular formula is C8H12BIO2. The Morgan fingerprint density at radius 3 is 2.83 bits per heavy atom. The Kier molecular flexibility index (Phi) is 1.37. The Morgan fingerprint density at radius 2 is 2.17 bits per heavy atom. The highest BCUT2D eigenvalue weighted by Crippen LogP contribution is 2.68. The van der Waals surface area contributed by atoms with E-state index in [9.17, 15) is 5.11 Å². The summed E-state index contributed by atoms with van der Waals surface area (Å²) < 4.78 is 6.09. The molecule has 0 aromatic heterocycles. The summed E-state index contributed by atoms with van der Waals surface area (Å²) in [6.45, 7) is 0. The van der Waals surface area contributed by atoms with Crippen molar-refractivity contribution in [3.05, 3.63) is 0 Å². The third kappa shape index (κ3) is 0.793. The molecule has 1 saturated heterocycles. The molecule has 66 valence electrons. The summed E-state index contributed by atoms with van der Waals surface area (Å²) in [6, 6.07) is 0.258. The lowest BCUT2D eigenvalue weighted by molar-refractivity contribution is -0.0273. The average Bonchev–Trinajstić information content (AvgIpc) is 2.35. The van der Waals surface area contributed by atoms with Crippen LogP contribution >= 0.6 is 22.6 Å². The quantitative estimate of drug-likeness (QED) is 0.386. The van der Waals surface area contributed by atoms with E-state index in [2.05, 4.69) is 30.4 Å². The first-order valence-electron chi connectivity index (χ1n) is 4.61. The average molecular weight is 278 g/mol. The third-order valence-corrected chi connectivity index (χ3v) is 5.50. The van der Waals surface area contributed by atoms with Crippen molar-refractivity contribution in [1.82, 2.24) is 0 Å². The number of alkyl halides is 1. The summed E-state index contributed by atoms with van der Waals surface area (Å²) in [5, 5.41) is 10.2. The molecule has 3 aliphatic rings. The normalized spacial score (nSPS) is 67.7. The molecule has 5 unspecified atom stereocenters. The van der Waals surface area contributed by atoms with E-state index in [0.29, 0.717) is 3.42 Å². The van der Waals surface area contributed by atoms with Crippen LogP contribution in [0.1, 0.15) is 19.3 Å². The first-order valence-corrected chi connectivity index (χ1v) is 5.69. The number of halogens is 1. The lowest BCUT2D eigenvalue weighted by atomic mass is 9.86. The molecule has 2 saturated carbocycles. The van der Waals surface area contributed by atoms with E-state index in [1.54, 1.807) is 0 Å². The van der Waals surface area contributed by atoms with Gasteiger partial charge in [0.25, 0.3) is 0 Å². The molecule has 1 heterocycles. The monoisotopic (exact) mass is 278 g/mol. The minimum atomic E-state index is -0.469. The second-order valence-electron chi connectivity index (χ2n) is 4.67. The number of ether oxygens (including phenoxy) is 1. The van der Waals surface area contributed by atoms with Gasteiger partial charge in [-0.15, -0.1) is 0 Å². The molecule has 0 bridgehead atoms. The minimum Gasteiger partial charge on any atom is -0.387 e. The van der Waals surface area contributed by atoms with Gasteiger partial charge in [-0.1, -0.05) is 22.6 Å². The van der Waals surface area contributed by atoms with Crippen LogP contribution in [0.5, 0.6) is 0 Å². The molecule has 0 aromatic rings. The molecule has 3 fully saturated rings. The van der Waals surface area contributed by atoms with E-state index in [4.69, 9.17) is 4.74 Å². The number of rotatable bonds is 0. The van der Waals surface area contributed by atoms with E-state index in [1.165, 1.54) is 6.42 Å². The van der Waals surface area contributed by atoms with Crippen LogP contribution in [0.2, 0.25) is 0 Å². The predicted molar refractivity (Wildman–Crippen MR) is 56.2 cm³/mol. The van der Waals surface area contributed by atoms with Gasteiger partial charge in [0.1, 0.15) is 14.0 Å². The van der Waals surface area contributed by atoms with Gasteiger partial charge in [-0.05, 0) is 25.2 Å². The molecule has 0 aromatic carbocycles. The highest BCUT2D eigenvalue weighted by atomic mass is 127. The molecule has 0 spiro atoms. The molecule has 0 radical (unpaired) electrons. The second kappa shape index (κ2) is 2.03. The minimum absolute atomic E-state index is 0.130. The van der Waals surface area contributed by atoms with Crippen molar-refractivity contribution in [3.63, 3.8) is 0 Å². The maximum atomic E-state index is 10.2. The zero-order chi connectivity index (χ0) is 8.56. The first kappa shape index (κ1) is 8.06. The van der Waals surface area contributed by atoms with Crippen LogP contribution < -0.4 is 0 Å². The lowest BCUT2D eigenvalue weighted by Gasteiger charge is -2.25. The van der Waals surface area contributed by atoms with Gasteiger partial charge >= 0.3 is 0 Å². The summed E-state index contributed by atoms with van der Waals surface area (Å²) in [7, 11) is 2.06. The van der Waals surface area contributed by atoms with Crippen LogP contribution in [0.25, 0.3) is 0 Å². The highest BCUT2D eigenvalue weighted by Gasteiger charge is 2.73. The molecule has 1 aliphatic heterocycles. The van der Waals surface area contributed by atoms with Crippen LogP contribution in [0.3, 0.4) is 0 Å². The Labute approximate surface area is 86.6 Å². The summed E-state index contributed by atoms with van der Waals surface area (Å²) in [5.41, 5.74) is -0.469. The maximum absolute atomic E-state index is 10.2. The SMILES string of the molecule is BC1CC2(O)CC3CC3(I)C2O1. The van der Waals surface area contributed by atoms with Gasteiger partial charge in [0.15, 0.2) is 0 Å². The zero-order valence-electron chi connectivity index (χ0n) is 7.09. The molecular weight excluding hydrogens is 266 g/mol. The van der Waals surface area contributed by atoms with Gasteiger partial charge in [-0.2, -0.15) is 0 Å². The molecule has 3 rings (SSSR count). The van der Waals surface area contributed by atoms with Crippen LogP contribution in [0, 0.1) is 5.92 Å². The van der Waals surface area contributed by atoms with Crippen LogP contribution in [-0.4, -0.2) is 34.1 Å². The fourth-order valence-corrected chi connectivity index (χ4v) is 4.55. The lowest BCUT2D eigenvalue weighted by Crippen LogP contribution is -2.39. The van der Waals surface area contributed by atoms with Gasteiger partial charge in [0, 0.05) is 6.00 Å². The van der Waals surface area contributed by atoms with Crippen molar-refractivity contribution >= 4 is 30.4 Å². The van der Waals surface area contributed by atoms with Crippen molar-refractivity contribution in [2.75, 3.05) is 0 Å². The summed E-state index contributed by atoms with van der Waals surface area (Å²) in [6.07, 6.45) is 3.21. The van der Waals surface area contributed by atoms with E-state index in [-0.39, 0.29) is 12.1 Å². The highest BCUT2D eigenvalue weighted by molar-refractivity contribution is 14.1. The predicted octanol–water partition coefficient (Wildman–Crippen LogP) is 0.0630. The Balaban J connectivity index is 1.95. The second-order valence-corrected chi connectivity index (χ2v) is 6.67. The fraction of sp³-hybridized carbons (Fsp3) is 1.00. The van der Waals surface area contributed by atoms with Crippen LogP contribution in [-0.2, 0) is 4.74 Å². The van der Waals surface area contributed by atoms with Crippen molar-refractivity contribution < 1.29 is 9.84 Å². The number of aliphatic hydroxyl groups is 1. The van der Waals surface area contributed by atoms with Gasteiger partial charge in [-0.3, -0.25) is 0 Å². The fourth-order valence-electron chi connectivity index (χ4n) is 3.07. The Bertz CT molecular complexity index is 249. The van der Waals surface area contributed by atoms with Crippen molar-refractivity contribution in [3.8, 4) is 0 Å². The molecule has 2 nitrogen and oxygen atoms in total. The summed E-state index contributed by atoms with van der Waals surface area (Å²) >= 11 is 2.49. The third-order valence-electron chi connectivity index (χ3n) is 3.61. The van der Waals surface area contributed by atoms with E-state index < -0.39 is 5.60 Å². The van der Waals surface area contributed by atoms with Crippen molar-refractivity contribution in [1.29, 1.82) is 0 Å². The van der Waals surface area contributed by atoms with Gasteiger partial charge in [0.2, 0.25) is 0 Å². The van der Waals surface area contributed by atoms with E-state index in [0.717, 1.165) is 18.8 Å². The summed E-state index contributed by atoms with van der Waals surface area (Å²) in [5.74, 6) is 0.737. The maximum Gasteiger partial charge on any atom is 0.139 e. The zero-order valence-corrected chi connectivity index (χ0v) is 9.24. The van der Waals surface area contributed by atoms with Crippen LogP contribution in [0.15, 0.2) is 0 Å². The van der Waals surface area contributed by atoms with Crippen molar-refractivity contribution in [2.45, 2.75) is 40.4 Å². The van der Waals surface area contributed by atoms with Gasteiger partial charge in [0.05, 0.1) is 9.02 Å².